The van der Waals surface area contributed by atoms with Crippen LogP contribution in [-0.4, -0.2) is 65.3 Å². The lowest BCUT2D eigenvalue weighted by molar-refractivity contribution is -0.384. The summed E-state index contributed by atoms with van der Waals surface area (Å²) >= 11 is 1.21. The van der Waals surface area contributed by atoms with Gasteiger partial charge in [0.2, 0.25) is 10.3 Å². The van der Waals surface area contributed by atoms with Gasteiger partial charge in [-0.1, -0.05) is 17.4 Å². The van der Waals surface area contributed by atoms with Crippen LogP contribution in [-0.2, 0) is 4.74 Å². The van der Waals surface area contributed by atoms with Gasteiger partial charge in [0, 0.05) is 43.9 Å². The predicted octanol–water partition coefficient (Wildman–Crippen LogP) is 1.44. The standard InChI is InChI=1S/C15H18N6O4S/c22-13(11-2-1-3-12(10-11)21(23)24)17-15-19-18-14(26-15)16-4-5-20-6-8-25-9-7-20/h1-3,10H,4-9H2,(H,16,18)(H,17,19,22). The van der Waals surface area contributed by atoms with Gasteiger partial charge in [0.25, 0.3) is 11.6 Å². The normalized spacial score (nSPS) is 14.8. The van der Waals surface area contributed by atoms with Gasteiger partial charge in [0.15, 0.2) is 0 Å². The van der Waals surface area contributed by atoms with E-state index in [4.69, 9.17) is 4.74 Å². The zero-order chi connectivity index (χ0) is 18.4. The van der Waals surface area contributed by atoms with E-state index in [9.17, 15) is 14.9 Å². The minimum Gasteiger partial charge on any atom is -0.379 e. The summed E-state index contributed by atoms with van der Waals surface area (Å²) in [5.41, 5.74) is 0.0524. The van der Waals surface area contributed by atoms with Gasteiger partial charge in [0.1, 0.15) is 0 Å². The van der Waals surface area contributed by atoms with Crippen LogP contribution >= 0.6 is 11.3 Å². The molecule has 0 atom stereocenters. The lowest BCUT2D eigenvalue weighted by Crippen LogP contribution is -2.38. The van der Waals surface area contributed by atoms with E-state index in [1.807, 2.05) is 0 Å². The molecule has 26 heavy (non-hydrogen) atoms. The molecule has 0 aliphatic carbocycles. The van der Waals surface area contributed by atoms with Gasteiger partial charge in [-0.2, -0.15) is 0 Å². The highest BCUT2D eigenvalue weighted by Crippen LogP contribution is 2.21. The number of nitrogens with one attached hydrogen (secondary N) is 2. The van der Waals surface area contributed by atoms with Crippen LogP contribution in [0.2, 0.25) is 0 Å². The van der Waals surface area contributed by atoms with Crippen molar-refractivity contribution in [3.05, 3.63) is 39.9 Å². The third kappa shape index (κ3) is 4.94. The fraction of sp³-hybridized carbons (Fsp3) is 0.400. The second-order valence-electron chi connectivity index (χ2n) is 5.55. The van der Waals surface area contributed by atoms with Gasteiger partial charge in [-0.25, -0.2) is 0 Å². The van der Waals surface area contributed by atoms with Crippen LogP contribution < -0.4 is 10.6 Å². The number of carbonyl (C=O) groups excluding carboxylic acids is 1. The molecule has 1 amide bonds. The van der Waals surface area contributed by atoms with Crippen LogP contribution in [0.25, 0.3) is 0 Å². The van der Waals surface area contributed by atoms with E-state index in [2.05, 4.69) is 25.7 Å². The molecule has 1 aliphatic rings. The van der Waals surface area contributed by atoms with Crippen molar-refractivity contribution in [1.29, 1.82) is 0 Å². The smallest absolute Gasteiger partial charge is 0.270 e. The molecule has 0 unspecified atom stereocenters. The number of non-ortho nitro benzene ring substituents is 1. The number of hydrogen-bond donors (Lipinski definition) is 2. The topological polar surface area (TPSA) is 123 Å². The molecule has 0 spiro atoms. The van der Waals surface area contributed by atoms with Crippen molar-refractivity contribution >= 4 is 33.2 Å². The Bertz CT molecular complexity index is 777. The lowest BCUT2D eigenvalue weighted by Gasteiger charge is -2.26. The monoisotopic (exact) mass is 378 g/mol. The second-order valence-corrected chi connectivity index (χ2v) is 6.53. The number of anilines is 2. The Morgan fingerprint density at radius 3 is 2.85 bits per heavy atom. The molecule has 138 valence electrons. The first-order valence-corrected chi connectivity index (χ1v) is 8.87. The maximum atomic E-state index is 12.2. The largest absolute Gasteiger partial charge is 0.379 e. The highest BCUT2D eigenvalue weighted by atomic mass is 32.1. The Kier molecular flexibility index (Phi) is 6.04. The van der Waals surface area contributed by atoms with E-state index in [0.29, 0.717) is 16.8 Å². The molecule has 0 radical (unpaired) electrons. The summed E-state index contributed by atoms with van der Waals surface area (Å²) in [7, 11) is 0. The Morgan fingerprint density at radius 2 is 2.08 bits per heavy atom. The first-order chi connectivity index (χ1) is 12.6. The van der Waals surface area contributed by atoms with Gasteiger partial charge in [-0.05, 0) is 6.07 Å². The number of rotatable bonds is 7. The van der Waals surface area contributed by atoms with E-state index in [-0.39, 0.29) is 11.3 Å². The van der Waals surface area contributed by atoms with Crippen molar-refractivity contribution in [2.45, 2.75) is 0 Å². The molecular weight excluding hydrogens is 360 g/mol. The Hall–Kier alpha value is -2.63. The number of nitro benzene ring substituents is 1. The third-order valence-electron chi connectivity index (χ3n) is 3.77. The summed E-state index contributed by atoms with van der Waals surface area (Å²) in [6.07, 6.45) is 0. The molecule has 11 heteroatoms. The molecule has 1 saturated heterocycles. The van der Waals surface area contributed by atoms with Gasteiger partial charge in [-0.3, -0.25) is 25.1 Å². The summed E-state index contributed by atoms with van der Waals surface area (Å²) in [5, 5.41) is 25.4. The number of nitro groups is 1. The van der Waals surface area contributed by atoms with Crippen molar-refractivity contribution in [3.63, 3.8) is 0 Å². The van der Waals surface area contributed by atoms with Crippen molar-refractivity contribution in [2.75, 3.05) is 50.0 Å². The van der Waals surface area contributed by atoms with Crippen LogP contribution in [0.5, 0.6) is 0 Å². The highest BCUT2D eigenvalue weighted by Gasteiger charge is 2.14. The van der Waals surface area contributed by atoms with Gasteiger partial charge in [0.05, 0.1) is 18.1 Å². The number of amides is 1. The first kappa shape index (κ1) is 18.2. The zero-order valence-corrected chi connectivity index (χ0v) is 14.7. The molecule has 1 aromatic carbocycles. The maximum Gasteiger partial charge on any atom is 0.270 e. The molecule has 0 saturated carbocycles. The summed E-state index contributed by atoms with van der Waals surface area (Å²) in [4.78, 5) is 24.7. The van der Waals surface area contributed by atoms with Crippen molar-refractivity contribution in [1.82, 2.24) is 15.1 Å². The van der Waals surface area contributed by atoms with Crippen molar-refractivity contribution in [3.8, 4) is 0 Å². The van der Waals surface area contributed by atoms with Crippen LogP contribution in [0.3, 0.4) is 0 Å². The van der Waals surface area contributed by atoms with Crippen LogP contribution in [0.4, 0.5) is 16.0 Å². The summed E-state index contributed by atoms with van der Waals surface area (Å²) in [6, 6.07) is 5.52. The number of ether oxygens (including phenoxy) is 1. The number of carbonyl (C=O) groups is 1. The zero-order valence-electron chi connectivity index (χ0n) is 13.9. The Balaban J connectivity index is 1.50. The van der Waals surface area contributed by atoms with Crippen LogP contribution in [0, 0.1) is 10.1 Å². The van der Waals surface area contributed by atoms with Crippen molar-refractivity contribution in [2.24, 2.45) is 0 Å². The number of aromatic nitrogens is 2. The minimum absolute atomic E-state index is 0.139. The highest BCUT2D eigenvalue weighted by molar-refractivity contribution is 7.19. The number of hydrogen-bond acceptors (Lipinski definition) is 9. The average Bonchev–Trinajstić information content (AvgIpc) is 3.10. The van der Waals surface area contributed by atoms with E-state index in [1.165, 1.54) is 35.6 Å². The fourth-order valence-corrected chi connectivity index (χ4v) is 3.09. The molecule has 2 aromatic rings. The molecule has 0 bridgehead atoms. The Labute approximate surface area is 153 Å². The van der Waals surface area contributed by atoms with E-state index in [1.54, 1.807) is 0 Å². The average molecular weight is 378 g/mol. The molecule has 3 rings (SSSR count). The van der Waals surface area contributed by atoms with Gasteiger partial charge in [-0.15, -0.1) is 10.2 Å². The molecule has 2 heterocycles. The van der Waals surface area contributed by atoms with Gasteiger partial charge < -0.3 is 10.1 Å². The quantitative estimate of drug-likeness (QED) is 0.548. The summed E-state index contributed by atoms with van der Waals surface area (Å²) in [5.74, 6) is -0.468. The fourth-order valence-electron chi connectivity index (χ4n) is 2.42. The molecule has 1 aliphatic heterocycles. The molecule has 1 fully saturated rings. The van der Waals surface area contributed by atoms with Gasteiger partial charge >= 0.3 is 0 Å². The number of benzene rings is 1. The maximum absolute atomic E-state index is 12.2. The predicted molar refractivity (Wildman–Crippen MR) is 96.7 cm³/mol. The minimum atomic E-state index is -0.543. The lowest BCUT2D eigenvalue weighted by atomic mass is 10.2. The molecule has 1 aromatic heterocycles. The van der Waals surface area contributed by atoms with Crippen LogP contribution in [0.1, 0.15) is 10.4 Å². The van der Waals surface area contributed by atoms with Crippen molar-refractivity contribution < 1.29 is 14.5 Å². The van der Waals surface area contributed by atoms with E-state index in [0.717, 1.165) is 32.8 Å². The first-order valence-electron chi connectivity index (χ1n) is 8.05. The summed E-state index contributed by atoms with van der Waals surface area (Å²) < 4.78 is 5.30. The van der Waals surface area contributed by atoms with E-state index < -0.39 is 10.8 Å². The SMILES string of the molecule is O=C(Nc1nnc(NCCN2CCOCC2)s1)c1cccc([N+](=O)[O-])c1. The molecular formula is C15H18N6O4S. The number of morpholine rings is 1. The molecule has 10 nitrogen and oxygen atoms in total. The summed E-state index contributed by atoms with van der Waals surface area (Å²) in [6.45, 7) is 4.94. The second kappa shape index (κ2) is 8.65. The third-order valence-corrected chi connectivity index (χ3v) is 4.57. The number of nitrogens with zero attached hydrogens (tertiary/aromatic N) is 4. The van der Waals surface area contributed by atoms with Crippen LogP contribution in [0.15, 0.2) is 24.3 Å². The van der Waals surface area contributed by atoms with E-state index >= 15 is 0 Å². The molecule has 2 N–H and O–H groups in total. The Morgan fingerprint density at radius 1 is 1.31 bits per heavy atom.